The second-order valence-corrected chi connectivity index (χ2v) is 8.29. The number of nitrogens with zero attached hydrogens (tertiary/aromatic N) is 1. The Morgan fingerprint density at radius 1 is 1.15 bits per heavy atom. The van der Waals surface area contributed by atoms with Crippen LogP contribution in [0, 0.1) is 19.7 Å². The largest absolute Gasteiger partial charge is 0.325 e. The molecule has 0 bridgehead atoms. The van der Waals surface area contributed by atoms with Crippen LogP contribution in [0.3, 0.4) is 0 Å². The highest BCUT2D eigenvalue weighted by molar-refractivity contribution is 7.88. The van der Waals surface area contributed by atoms with E-state index < -0.39 is 15.9 Å². The van der Waals surface area contributed by atoms with E-state index in [9.17, 15) is 17.6 Å². The molecule has 7 heteroatoms. The highest BCUT2D eigenvalue weighted by atomic mass is 32.2. The first-order valence-electron chi connectivity index (χ1n) is 8.22. The van der Waals surface area contributed by atoms with Crippen molar-refractivity contribution in [3.8, 4) is 0 Å². The number of carbonyl (C=O) groups is 1. The third kappa shape index (κ3) is 5.64. The molecule has 2 aromatic rings. The van der Waals surface area contributed by atoms with Gasteiger partial charge in [0.15, 0.2) is 0 Å². The first kappa shape index (κ1) is 20.1. The van der Waals surface area contributed by atoms with Crippen molar-refractivity contribution in [2.24, 2.45) is 0 Å². The first-order valence-corrected chi connectivity index (χ1v) is 10.1. The van der Waals surface area contributed by atoms with Gasteiger partial charge in [-0.1, -0.05) is 30.3 Å². The maximum absolute atomic E-state index is 13.7. The number of amides is 1. The minimum atomic E-state index is -3.60. The zero-order valence-corrected chi connectivity index (χ0v) is 15.9. The monoisotopic (exact) mass is 378 g/mol. The van der Waals surface area contributed by atoms with E-state index in [0.29, 0.717) is 11.3 Å². The van der Waals surface area contributed by atoms with Crippen LogP contribution in [-0.4, -0.2) is 38.0 Å². The van der Waals surface area contributed by atoms with Gasteiger partial charge in [-0.05, 0) is 49.1 Å². The lowest BCUT2D eigenvalue weighted by molar-refractivity contribution is -0.116. The van der Waals surface area contributed by atoms with Gasteiger partial charge in [0.05, 0.1) is 12.8 Å². The molecule has 5 nitrogen and oxygen atoms in total. The molecule has 0 aliphatic rings. The Hall–Kier alpha value is -2.25. The number of benzene rings is 2. The Bertz CT molecular complexity index is 897. The normalized spacial score (nSPS) is 11.6. The molecule has 2 aromatic carbocycles. The average Bonchev–Trinajstić information content (AvgIpc) is 2.55. The van der Waals surface area contributed by atoms with Crippen LogP contribution in [-0.2, 0) is 21.2 Å². The Balaban J connectivity index is 2.07. The summed E-state index contributed by atoms with van der Waals surface area (Å²) in [5.41, 5.74) is 2.94. The van der Waals surface area contributed by atoms with Gasteiger partial charge in [0.1, 0.15) is 5.82 Å². The quantitative estimate of drug-likeness (QED) is 0.806. The molecule has 0 heterocycles. The molecule has 0 radical (unpaired) electrons. The van der Waals surface area contributed by atoms with Crippen LogP contribution in [0.5, 0.6) is 0 Å². The lowest BCUT2D eigenvalue weighted by Gasteiger charge is -2.20. The van der Waals surface area contributed by atoms with Crippen molar-refractivity contribution in [1.82, 2.24) is 4.31 Å². The zero-order chi connectivity index (χ0) is 19.3. The number of carbonyl (C=O) groups excluding carboxylic acids is 1. The smallest absolute Gasteiger partial charge is 0.239 e. The summed E-state index contributed by atoms with van der Waals surface area (Å²) in [6.45, 7) is 3.48. The van der Waals surface area contributed by atoms with Crippen LogP contribution >= 0.6 is 0 Å². The highest BCUT2D eigenvalue weighted by Crippen LogP contribution is 2.16. The molecule has 0 saturated carbocycles. The lowest BCUT2D eigenvalue weighted by atomic mass is 10.1. The lowest BCUT2D eigenvalue weighted by Crippen LogP contribution is -2.38. The number of aryl methyl sites for hydroxylation is 2. The van der Waals surface area contributed by atoms with Crippen LogP contribution in [0.4, 0.5) is 10.1 Å². The standard InChI is InChI=1S/C19H23FN2O3S/c1-14-8-9-15(2)18(12-14)21-19(23)13-22(26(3,24)25)11-10-16-6-4-5-7-17(16)20/h4-9,12H,10-11,13H2,1-3H3,(H,21,23). The summed E-state index contributed by atoms with van der Waals surface area (Å²) in [5.74, 6) is -0.821. The number of anilines is 1. The molecule has 0 atom stereocenters. The molecule has 0 aliphatic heterocycles. The van der Waals surface area contributed by atoms with Crippen LogP contribution < -0.4 is 5.32 Å². The number of hydrogen-bond acceptors (Lipinski definition) is 3. The van der Waals surface area contributed by atoms with Gasteiger partial charge in [-0.15, -0.1) is 0 Å². The first-order chi connectivity index (χ1) is 12.2. The molecule has 1 N–H and O–H groups in total. The van der Waals surface area contributed by atoms with Crippen molar-refractivity contribution in [3.05, 3.63) is 65.0 Å². The predicted octanol–water partition coefficient (Wildman–Crippen LogP) is 2.89. The zero-order valence-electron chi connectivity index (χ0n) is 15.1. The third-order valence-corrected chi connectivity index (χ3v) is 5.29. The van der Waals surface area contributed by atoms with E-state index in [1.165, 1.54) is 6.07 Å². The molecule has 2 rings (SSSR count). The average molecular weight is 378 g/mol. The third-order valence-electron chi connectivity index (χ3n) is 4.04. The van der Waals surface area contributed by atoms with Gasteiger partial charge in [0.25, 0.3) is 0 Å². The second kappa shape index (κ2) is 8.42. The maximum Gasteiger partial charge on any atom is 0.239 e. The van der Waals surface area contributed by atoms with Gasteiger partial charge in [-0.3, -0.25) is 4.79 Å². The SMILES string of the molecule is Cc1ccc(C)c(NC(=O)CN(CCc2ccccc2F)S(C)(=O)=O)c1. The number of rotatable bonds is 7. The molecule has 0 aromatic heterocycles. The molecule has 0 fully saturated rings. The Labute approximate surface area is 153 Å². The van der Waals surface area contributed by atoms with E-state index in [1.54, 1.807) is 18.2 Å². The maximum atomic E-state index is 13.7. The topological polar surface area (TPSA) is 66.5 Å². The highest BCUT2D eigenvalue weighted by Gasteiger charge is 2.21. The number of sulfonamides is 1. The Morgan fingerprint density at radius 2 is 1.85 bits per heavy atom. The fourth-order valence-corrected chi connectivity index (χ4v) is 3.30. The van der Waals surface area contributed by atoms with Crippen molar-refractivity contribution in [2.75, 3.05) is 24.7 Å². The second-order valence-electron chi connectivity index (χ2n) is 6.30. The summed E-state index contributed by atoms with van der Waals surface area (Å²) >= 11 is 0. The summed E-state index contributed by atoms with van der Waals surface area (Å²) in [7, 11) is -3.60. The van der Waals surface area contributed by atoms with Gasteiger partial charge in [0, 0.05) is 12.2 Å². The molecular formula is C19H23FN2O3S. The fraction of sp³-hybridized carbons (Fsp3) is 0.316. The van der Waals surface area contributed by atoms with Crippen LogP contribution in [0.2, 0.25) is 0 Å². The number of halogens is 1. The van der Waals surface area contributed by atoms with Crippen LogP contribution in [0.25, 0.3) is 0 Å². The number of nitrogens with one attached hydrogen (secondary N) is 1. The molecule has 0 spiro atoms. The van der Waals surface area contributed by atoms with Crippen molar-refractivity contribution >= 4 is 21.6 Å². The summed E-state index contributed by atoms with van der Waals surface area (Å²) in [6, 6.07) is 11.8. The molecule has 0 saturated heterocycles. The molecule has 0 aliphatic carbocycles. The number of hydrogen-bond donors (Lipinski definition) is 1. The molecule has 26 heavy (non-hydrogen) atoms. The Kier molecular flexibility index (Phi) is 6.50. The van der Waals surface area contributed by atoms with E-state index in [2.05, 4.69) is 5.32 Å². The van der Waals surface area contributed by atoms with Gasteiger partial charge in [0.2, 0.25) is 15.9 Å². The van der Waals surface area contributed by atoms with Gasteiger partial charge in [-0.2, -0.15) is 4.31 Å². The summed E-state index contributed by atoms with van der Waals surface area (Å²) in [6.07, 6.45) is 1.23. The van der Waals surface area contributed by atoms with Gasteiger partial charge < -0.3 is 5.32 Å². The van der Waals surface area contributed by atoms with E-state index in [0.717, 1.165) is 21.7 Å². The van der Waals surface area contributed by atoms with E-state index in [1.807, 2.05) is 32.0 Å². The minimum Gasteiger partial charge on any atom is -0.325 e. The van der Waals surface area contributed by atoms with Crippen molar-refractivity contribution in [3.63, 3.8) is 0 Å². The molecule has 1 amide bonds. The summed E-state index contributed by atoms with van der Waals surface area (Å²) < 4.78 is 38.8. The summed E-state index contributed by atoms with van der Waals surface area (Å²) in [4.78, 5) is 12.3. The molecule has 0 unspecified atom stereocenters. The van der Waals surface area contributed by atoms with E-state index >= 15 is 0 Å². The van der Waals surface area contributed by atoms with Crippen molar-refractivity contribution < 1.29 is 17.6 Å². The van der Waals surface area contributed by atoms with Crippen molar-refractivity contribution in [1.29, 1.82) is 0 Å². The van der Waals surface area contributed by atoms with Crippen LogP contribution in [0.15, 0.2) is 42.5 Å². The Morgan fingerprint density at radius 3 is 2.50 bits per heavy atom. The molecular weight excluding hydrogens is 355 g/mol. The summed E-state index contributed by atoms with van der Waals surface area (Å²) in [5, 5.41) is 2.74. The van der Waals surface area contributed by atoms with E-state index in [4.69, 9.17) is 0 Å². The predicted molar refractivity (Wildman–Crippen MR) is 101 cm³/mol. The fourth-order valence-electron chi connectivity index (χ4n) is 2.53. The van der Waals surface area contributed by atoms with Gasteiger partial charge >= 0.3 is 0 Å². The minimum absolute atomic E-state index is 0.0278. The molecule has 140 valence electrons. The van der Waals surface area contributed by atoms with Crippen molar-refractivity contribution in [2.45, 2.75) is 20.3 Å². The van der Waals surface area contributed by atoms with Gasteiger partial charge in [-0.25, -0.2) is 12.8 Å². The van der Waals surface area contributed by atoms with Crippen LogP contribution in [0.1, 0.15) is 16.7 Å². The van der Waals surface area contributed by atoms with E-state index in [-0.39, 0.29) is 25.3 Å².